The predicted octanol–water partition coefficient (Wildman–Crippen LogP) is 2.84. The number of aliphatic hydroxyl groups is 2. The molecule has 2 atom stereocenters. The molecule has 0 heterocycles. The fraction of sp³-hybridized carbons (Fsp3) is 0.200. The molecule has 0 spiro atoms. The van der Waals surface area contributed by atoms with Crippen molar-refractivity contribution < 1.29 is 32.6 Å². The molecule has 0 aromatic heterocycles. The predicted molar refractivity (Wildman–Crippen MR) is 67.4 cm³/mol. The Bertz CT molecular complexity index is 401. The molecule has 0 fully saturated rings. The monoisotopic (exact) mass is 335 g/mol. The molecule has 0 saturated heterocycles. The second-order valence-electron chi connectivity index (χ2n) is 4.09. The first-order valence-corrected chi connectivity index (χ1v) is 5.73. The van der Waals surface area contributed by atoms with E-state index in [-0.39, 0.29) is 22.4 Å². The van der Waals surface area contributed by atoms with Gasteiger partial charge in [-0.1, -0.05) is 60.7 Å². The molecule has 1 radical (unpaired) electrons. The van der Waals surface area contributed by atoms with Gasteiger partial charge in [-0.15, -0.1) is 0 Å². The Morgan fingerprint density at radius 3 is 1.33 bits per heavy atom. The summed E-state index contributed by atoms with van der Waals surface area (Å²) in [6, 6.07) is 18.8. The molecule has 2 N–H and O–H groups in total. The van der Waals surface area contributed by atoms with Gasteiger partial charge in [-0.3, -0.25) is 0 Å². The number of hydrogen-bond acceptors (Lipinski definition) is 2. The van der Waals surface area contributed by atoms with E-state index in [2.05, 4.69) is 0 Å². The maximum atomic E-state index is 9.99. The van der Waals surface area contributed by atoms with Crippen molar-refractivity contribution in [3.8, 4) is 0 Å². The summed E-state index contributed by atoms with van der Waals surface area (Å²) in [7, 11) is 0. The van der Waals surface area contributed by atoms with Crippen molar-refractivity contribution in [2.75, 3.05) is 0 Å². The normalized spacial score (nSPS) is 13.4. The second kappa shape index (κ2) is 7.52. The fourth-order valence-electron chi connectivity index (χ4n) is 1.83. The second-order valence-corrected chi connectivity index (χ2v) is 4.09. The molecular weight excluding hydrogens is 320 g/mol. The Hall–Kier alpha value is -0.900. The van der Waals surface area contributed by atoms with Crippen LogP contribution in [-0.2, 0) is 22.4 Å². The van der Waals surface area contributed by atoms with E-state index in [1.54, 1.807) is 0 Å². The average molecular weight is 336 g/mol. The Labute approximate surface area is 123 Å². The largest absolute Gasteiger partial charge is 0.388 e. The molecule has 99 valence electrons. The van der Waals surface area contributed by atoms with Crippen LogP contribution in [0, 0.1) is 0 Å². The van der Waals surface area contributed by atoms with Crippen molar-refractivity contribution in [1.82, 2.24) is 0 Å². The van der Waals surface area contributed by atoms with Gasteiger partial charge in [-0.25, -0.2) is 0 Å². The number of hydrogen-bond donors (Lipinski definition) is 2. The molecule has 3 heteroatoms. The Morgan fingerprint density at radius 1 is 0.667 bits per heavy atom. The molecule has 0 aliphatic carbocycles. The first-order valence-electron chi connectivity index (χ1n) is 5.73. The molecule has 2 rings (SSSR count). The maximum Gasteiger partial charge on any atom is 0.0818 e. The minimum atomic E-state index is -0.633. The van der Waals surface area contributed by atoms with E-state index in [0.717, 1.165) is 11.1 Å². The minimum absolute atomic E-state index is 0. The maximum absolute atomic E-state index is 9.99. The summed E-state index contributed by atoms with van der Waals surface area (Å²) in [5, 5.41) is 20.0. The third-order valence-corrected chi connectivity index (χ3v) is 2.82. The summed E-state index contributed by atoms with van der Waals surface area (Å²) in [4.78, 5) is 0. The van der Waals surface area contributed by atoms with Crippen LogP contribution in [0.15, 0.2) is 60.7 Å². The van der Waals surface area contributed by atoms with Gasteiger partial charge >= 0.3 is 0 Å². The van der Waals surface area contributed by atoms with E-state index < -0.39 is 12.2 Å². The van der Waals surface area contributed by atoms with Gasteiger partial charge in [0.2, 0.25) is 0 Å². The Morgan fingerprint density at radius 2 is 1.00 bits per heavy atom. The molecule has 2 unspecified atom stereocenters. The number of rotatable bonds is 4. The van der Waals surface area contributed by atoms with Gasteiger partial charge in [0.1, 0.15) is 0 Å². The molecule has 0 saturated carbocycles. The SMILES string of the molecule is OC(CC(O)c1ccccc1)c1ccccc1.[Ag]. The van der Waals surface area contributed by atoms with Gasteiger partial charge < -0.3 is 10.2 Å². The zero-order chi connectivity index (χ0) is 12.1. The quantitative estimate of drug-likeness (QED) is 0.843. The van der Waals surface area contributed by atoms with Crippen LogP contribution in [0.3, 0.4) is 0 Å². The molecule has 2 aromatic carbocycles. The average Bonchev–Trinajstić information content (AvgIpc) is 2.40. The summed E-state index contributed by atoms with van der Waals surface area (Å²) < 4.78 is 0. The number of benzene rings is 2. The zero-order valence-corrected chi connectivity index (χ0v) is 11.3. The topological polar surface area (TPSA) is 40.5 Å². The van der Waals surface area contributed by atoms with Gasteiger partial charge in [-0.05, 0) is 11.1 Å². The van der Waals surface area contributed by atoms with Gasteiger partial charge in [0.25, 0.3) is 0 Å². The van der Waals surface area contributed by atoms with E-state index in [4.69, 9.17) is 0 Å². The summed E-state index contributed by atoms with van der Waals surface area (Å²) in [5.74, 6) is 0. The van der Waals surface area contributed by atoms with Crippen LogP contribution in [0.1, 0.15) is 29.8 Å². The summed E-state index contributed by atoms with van der Waals surface area (Å²) in [5.41, 5.74) is 1.67. The van der Waals surface area contributed by atoms with Crippen LogP contribution in [0.4, 0.5) is 0 Å². The van der Waals surface area contributed by atoms with Crippen molar-refractivity contribution in [3.63, 3.8) is 0 Å². The fourth-order valence-corrected chi connectivity index (χ4v) is 1.83. The Kier molecular flexibility index (Phi) is 6.33. The number of aliphatic hydroxyl groups excluding tert-OH is 2. The van der Waals surface area contributed by atoms with Crippen LogP contribution < -0.4 is 0 Å². The van der Waals surface area contributed by atoms with Crippen molar-refractivity contribution in [2.45, 2.75) is 18.6 Å². The zero-order valence-electron chi connectivity index (χ0n) is 9.83. The smallest absolute Gasteiger partial charge is 0.0818 e. The van der Waals surface area contributed by atoms with Crippen LogP contribution >= 0.6 is 0 Å². The molecule has 0 aliphatic heterocycles. The van der Waals surface area contributed by atoms with E-state index in [0.29, 0.717) is 6.42 Å². The van der Waals surface area contributed by atoms with E-state index in [9.17, 15) is 10.2 Å². The standard InChI is InChI=1S/C15H16O2.Ag/c16-14(12-7-3-1-4-8-12)11-15(17)13-9-5-2-6-10-13;/h1-10,14-17H,11H2;. The molecule has 0 bridgehead atoms. The summed E-state index contributed by atoms with van der Waals surface area (Å²) in [6.07, 6.45) is -0.952. The van der Waals surface area contributed by atoms with Crippen molar-refractivity contribution in [1.29, 1.82) is 0 Å². The first-order chi connectivity index (χ1) is 8.27. The summed E-state index contributed by atoms with van der Waals surface area (Å²) >= 11 is 0. The van der Waals surface area contributed by atoms with Gasteiger partial charge in [0.15, 0.2) is 0 Å². The van der Waals surface area contributed by atoms with Crippen molar-refractivity contribution in [2.24, 2.45) is 0 Å². The van der Waals surface area contributed by atoms with Crippen LogP contribution in [0.25, 0.3) is 0 Å². The van der Waals surface area contributed by atoms with Gasteiger partial charge in [-0.2, -0.15) is 0 Å². The van der Waals surface area contributed by atoms with Crippen LogP contribution in [-0.4, -0.2) is 10.2 Å². The van der Waals surface area contributed by atoms with E-state index >= 15 is 0 Å². The minimum Gasteiger partial charge on any atom is -0.388 e. The third kappa shape index (κ3) is 4.09. The molecule has 2 aromatic rings. The molecule has 0 amide bonds. The van der Waals surface area contributed by atoms with Gasteiger partial charge in [0.05, 0.1) is 12.2 Å². The third-order valence-electron chi connectivity index (χ3n) is 2.82. The van der Waals surface area contributed by atoms with Crippen LogP contribution in [0.2, 0.25) is 0 Å². The molecule has 2 nitrogen and oxygen atoms in total. The molecular formula is C15H16AgO2. The first kappa shape index (κ1) is 15.2. The molecule has 0 aliphatic rings. The van der Waals surface area contributed by atoms with Crippen molar-refractivity contribution in [3.05, 3.63) is 71.8 Å². The van der Waals surface area contributed by atoms with E-state index in [1.165, 1.54) is 0 Å². The summed E-state index contributed by atoms with van der Waals surface area (Å²) in [6.45, 7) is 0. The van der Waals surface area contributed by atoms with E-state index in [1.807, 2.05) is 60.7 Å². The molecule has 18 heavy (non-hydrogen) atoms. The Balaban J connectivity index is 0.00000162. The van der Waals surface area contributed by atoms with Crippen molar-refractivity contribution >= 4 is 0 Å². The van der Waals surface area contributed by atoms with Crippen LogP contribution in [0.5, 0.6) is 0 Å². The van der Waals surface area contributed by atoms with Gasteiger partial charge in [0, 0.05) is 28.8 Å².